The van der Waals surface area contributed by atoms with Crippen molar-refractivity contribution < 1.29 is 8.78 Å². The van der Waals surface area contributed by atoms with Crippen LogP contribution < -0.4 is 11.1 Å². The number of alkyl halides is 2. The molecule has 1 aromatic carbocycles. The highest BCUT2D eigenvalue weighted by molar-refractivity contribution is 5.82. The third kappa shape index (κ3) is 2.81. The molecule has 0 spiro atoms. The molecule has 7 heteroatoms. The molecule has 0 amide bonds. The van der Waals surface area contributed by atoms with Gasteiger partial charge in [-0.25, -0.2) is 9.36 Å². The molecule has 0 aliphatic carbocycles. The van der Waals surface area contributed by atoms with Crippen molar-refractivity contribution in [3.63, 3.8) is 0 Å². The number of hydrogen-bond donors (Lipinski definition) is 1. The van der Waals surface area contributed by atoms with Gasteiger partial charge in [0.2, 0.25) is 0 Å². The normalized spacial score (nSPS) is 11.4. The molecule has 2 aromatic rings. The van der Waals surface area contributed by atoms with Crippen molar-refractivity contribution in [3.8, 4) is 0 Å². The van der Waals surface area contributed by atoms with Gasteiger partial charge in [-0.05, 0) is 45.9 Å². The number of nitrogens with zero attached hydrogens (tertiary/aromatic N) is 3. The van der Waals surface area contributed by atoms with Crippen LogP contribution in [0, 0.1) is 0 Å². The lowest BCUT2D eigenvalue weighted by atomic mass is 10.2. The number of anilines is 1. The molecule has 0 aliphatic heterocycles. The van der Waals surface area contributed by atoms with Crippen LogP contribution in [0.1, 0.15) is 40.3 Å². The van der Waals surface area contributed by atoms with E-state index in [-0.39, 0.29) is 11.6 Å². The summed E-state index contributed by atoms with van der Waals surface area (Å²) in [5.41, 5.74) is 4.11. The lowest BCUT2D eigenvalue weighted by molar-refractivity contribution is 0.0701. The van der Waals surface area contributed by atoms with Gasteiger partial charge in [0, 0.05) is 11.8 Å². The van der Waals surface area contributed by atoms with Crippen molar-refractivity contribution in [2.24, 2.45) is 5.10 Å². The highest BCUT2D eigenvalue weighted by Crippen LogP contribution is 2.24. The van der Waals surface area contributed by atoms with Gasteiger partial charge in [0.25, 0.3) is 0 Å². The predicted octanol–water partition coefficient (Wildman–Crippen LogP) is 3.59. The zero-order chi connectivity index (χ0) is 15.7. The van der Waals surface area contributed by atoms with Gasteiger partial charge in [-0.3, -0.25) is 9.99 Å². The topological polar surface area (TPSA) is 51.3 Å². The van der Waals surface area contributed by atoms with Crippen LogP contribution in [-0.4, -0.2) is 14.8 Å². The van der Waals surface area contributed by atoms with Gasteiger partial charge in [0.1, 0.15) is 0 Å². The van der Waals surface area contributed by atoms with E-state index < -0.39 is 12.2 Å². The molecule has 1 heterocycles. The van der Waals surface area contributed by atoms with E-state index in [0.717, 1.165) is 5.71 Å². The fraction of sp³-hybridized carbons (Fsp3) is 0.429. The van der Waals surface area contributed by atoms with Gasteiger partial charge in [-0.1, -0.05) is 0 Å². The SMILES string of the molecule is CC(C)=NNc1ccc2c(c1)n(C(F)F)c(=O)n2C(C)C. The number of benzene rings is 1. The number of hydrogen-bond acceptors (Lipinski definition) is 3. The Balaban J connectivity index is 2.68. The quantitative estimate of drug-likeness (QED) is 0.692. The van der Waals surface area contributed by atoms with E-state index in [1.54, 1.807) is 26.0 Å². The monoisotopic (exact) mass is 296 g/mol. The molecule has 5 nitrogen and oxygen atoms in total. The molecular weight excluding hydrogens is 278 g/mol. The van der Waals surface area contributed by atoms with Crippen LogP contribution in [0.3, 0.4) is 0 Å². The molecule has 1 N–H and O–H groups in total. The second-order valence-corrected chi connectivity index (χ2v) is 5.27. The summed E-state index contributed by atoms with van der Waals surface area (Å²) in [4.78, 5) is 12.1. The van der Waals surface area contributed by atoms with Gasteiger partial charge in [-0.15, -0.1) is 0 Å². The maximum atomic E-state index is 13.2. The number of imidazole rings is 1. The summed E-state index contributed by atoms with van der Waals surface area (Å²) in [6.45, 7) is 4.32. The maximum absolute atomic E-state index is 13.2. The summed E-state index contributed by atoms with van der Waals surface area (Å²) in [5, 5.41) is 4.03. The van der Waals surface area contributed by atoms with Crippen LogP contribution in [0.5, 0.6) is 0 Å². The second-order valence-electron chi connectivity index (χ2n) is 5.27. The summed E-state index contributed by atoms with van der Waals surface area (Å²) in [7, 11) is 0. The molecule has 114 valence electrons. The van der Waals surface area contributed by atoms with E-state index in [2.05, 4.69) is 10.5 Å². The minimum atomic E-state index is -2.88. The Bertz CT molecular complexity index is 739. The van der Waals surface area contributed by atoms with E-state index in [1.807, 2.05) is 13.8 Å². The third-order valence-corrected chi connectivity index (χ3v) is 3.03. The fourth-order valence-electron chi connectivity index (χ4n) is 2.18. The molecule has 21 heavy (non-hydrogen) atoms. The molecule has 0 saturated carbocycles. The minimum absolute atomic E-state index is 0.192. The third-order valence-electron chi connectivity index (χ3n) is 3.03. The standard InChI is InChI=1S/C14H18F2N4O/c1-8(2)17-18-10-5-6-11-12(7-10)20(13(15)16)14(21)19(11)9(3)4/h5-7,9,13,18H,1-4H3. The fourth-order valence-corrected chi connectivity index (χ4v) is 2.18. The van der Waals surface area contributed by atoms with Crippen LogP contribution in [0.4, 0.5) is 14.5 Å². The molecule has 0 saturated heterocycles. The van der Waals surface area contributed by atoms with Crippen LogP contribution in [-0.2, 0) is 0 Å². The number of halogens is 2. The zero-order valence-electron chi connectivity index (χ0n) is 12.4. The summed E-state index contributed by atoms with van der Waals surface area (Å²) in [6, 6.07) is 4.67. The highest BCUT2D eigenvalue weighted by atomic mass is 19.3. The van der Waals surface area contributed by atoms with Crippen LogP contribution in [0.2, 0.25) is 0 Å². The van der Waals surface area contributed by atoms with E-state index in [0.29, 0.717) is 15.8 Å². The first-order valence-electron chi connectivity index (χ1n) is 6.64. The average Bonchev–Trinajstić information content (AvgIpc) is 2.67. The van der Waals surface area contributed by atoms with Crippen molar-refractivity contribution in [1.82, 2.24) is 9.13 Å². The van der Waals surface area contributed by atoms with Crippen molar-refractivity contribution in [3.05, 3.63) is 28.7 Å². The molecule has 0 radical (unpaired) electrons. The summed E-state index contributed by atoms with van der Waals surface area (Å²) in [6.07, 6.45) is 0. The number of fused-ring (bicyclic) bond motifs is 1. The Hall–Kier alpha value is -2.18. The predicted molar refractivity (Wildman–Crippen MR) is 80.2 cm³/mol. The van der Waals surface area contributed by atoms with Crippen LogP contribution in [0.15, 0.2) is 28.1 Å². The van der Waals surface area contributed by atoms with Gasteiger partial charge < -0.3 is 0 Å². The molecule has 0 aliphatic rings. The first kappa shape index (κ1) is 15.2. The van der Waals surface area contributed by atoms with Gasteiger partial charge >= 0.3 is 12.2 Å². The summed E-state index contributed by atoms with van der Waals surface area (Å²) in [5.74, 6) is 0. The molecule has 0 unspecified atom stereocenters. The lowest BCUT2D eigenvalue weighted by Gasteiger charge is -2.07. The van der Waals surface area contributed by atoms with Crippen LogP contribution in [0.25, 0.3) is 11.0 Å². The van der Waals surface area contributed by atoms with Gasteiger partial charge in [-0.2, -0.15) is 13.9 Å². The lowest BCUT2D eigenvalue weighted by Crippen LogP contribution is -2.25. The second kappa shape index (κ2) is 5.67. The molecule has 1 aromatic heterocycles. The van der Waals surface area contributed by atoms with Gasteiger partial charge in [0.15, 0.2) is 0 Å². The first-order valence-corrected chi connectivity index (χ1v) is 6.64. The number of rotatable bonds is 4. The molecule has 0 atom stereocenters. The Morgan fingerprint density at radius 3 is 2.38 bits per heavy atom. The zero-order valence-corrected chi connectivity index (χ0v) is 12.4. The van der Waals surface area contributed by atoms with E-state index in [9.17, 15) is 13.6 Å². The number of aromatic nitrogens is 2. The van der Waals surface area contributed by atoms with Crippen molar-refractivity contribution >= 4 is 22.4 Å². The largest absolute Gasteiger partial charge is 0.333 e. The average molecular weight is 296 g/mol. The summed E-state index contributed by atoms with van der Waals surface area (Å²) >= 11 is 0. The van der Waals surface area contributed by atoms with Crippen molar-refractivity contribution in [1.29, 1.82) is 0 Å². The molecule has 0 bridgehead atoms. The van der Waals surface area contributed by atoms with Gasteiger partial charge in [0.05, 0.1) is 16.7 Å². The Labute approximate surface area is 120 Å². The number of hydrazone groups is 1. The Morgan fingerprint density at radius 2 is 1.86 bits per heavy atom. The van der Waals surface area contributed by atoms with E-state index >= 15 is 0 Å². The summed E-state index contributed by atoms with van der Waals surface area (Å²) < 4.78 is 28.2. The Kier molecular flexibility index (Phi) is 4.11. The molecule has 0 fully saturated rings. The molecule has 2 rings (SSSR count). The first-order chi connectivity index (χ1) is 9.82. The smallest absolute Gasteiger partial charge is 0.289 e. The number of nitrogens with one attached hydrogen (secondary N) is 1. The molecular formula is C14H18F2N4O. The minimum Gasteiger partial charge on any atom is -0.289 e. The highest BCUT2D eigenvalue weighted by Gasteiger charge is 2.20. The Morgan fingerprint density at radius 1 is 1.19 bits per heavy atom. The maximum Gasteiger partial charge on any atom is 0.333 e. The van der Waals surface area contributed by atoms with Crippen molar-refractivity contribution in [2.45, 2.75) is 40.3 Å². The van der Waals surface area contributed by atoms with Crippen LogP contribution >= 0.6 is 0 Å². The van der Waals surface area contributed by atoms with E-state index in [4.69, 9.17) is 0 Å². The van der Waals surface area contributed by atoms with E-state index in [1.165, 1.54) is 10.6 Å². The van der Waals surface area contributed by atoms with Crippen molar-refractivity contribution in [2.75, 3.05) is 5.43 Å².